The van der Waals surface area contributed by atoms with Crippen LogP contribution in [0, 0.1) is 0 Å². The molecule has 0 saturated carbocycles. The first-order chi connectivity index (χ1) is 7.43. The van der Waals surface area contributed by atoms with Gasteiger partial charge in [-0.05, 0) is 6.42 Å². The van der Waals surface area contributed by atoms with Crippen LogP contribution in [0.4, 0.5) is 0 Å². The van der Waals surface area contributed by atoms with Gasteiger partial charge in [-0.2, -0.15) is 0 Å². The summed E-state index contributed by atoms with van der Waals surface area (Å²) in [4.78, 5) is 5.24. The van der Waals surface area contributed by atoms with Crippen LogP contribution in [-0.4, -0.2) is 74.4 Å². The molecule has 0 bridgehead atoms. The van der Waals surface area contributed by atoms with Gasteiger partial charge in [0.2, 0.25) is 0 Å². The third-order valence-electron chi connectivity index (χ3n) is 3.98. The molecule has 86 valence electrons. The zero-order valence-electron chi connectivity index (χ0n) is 9.32. The molecule has 15 heavy (non-hydrogen) atoms. The van der Waals surface area contributed by atoms with Gasteiger partial charge in [-0.25, -0.2) is 0 Å². The van der Waals surface area contributed by atoms with Crippen LogP contribution in [0.25, 0.3) is 0 Å². The minimum absolute atomic E-state index is 0.726. The minimum atomic E-state index is 0.726. The quantitative estimate of drug-likeness (QED) is 0.658. The molecule has 0 aromatic heterocycles. The van der Waals surface area contributed by atoms with E-state index in [4.69, 9.17) is 4.74 Å². The van der Waals surface area contributed by atoms with Crippen LogP contribution >= 0.6 is 0 Å². The highest BCUT2D eigenvalue weighted by atomic mass is 16.5. The molecule has 3 rings (SSSR count). The smallest absolute Gasteiger partial charge is 0.0622 e. The normalized spacial score (nSPS) is 35.6. The highest BCUT2D eigenvalue weighted by Gasteiger charge is 2.37. The van der Waals surface area contributed by atoms with Crippen LogP contribution in [0.15, 0.2) is 0 Å². The molecule has 0 aliphatic carbocycles. The van der Waals surface area contributed by atoms with E-state index in [-0.39, 0.29) is 0 Å². The fraction of sp³-hybridized carbons (Fsp3) is 1.00. The lowest BCUT2D eigenvalue weighted by Crippen LogP contribution is -2.64. The molecule has 1 N–H and O–H groups in total. The molecule has 0 spiro atoms. The summed E-state index contributed by atoms with van der Waals surface area (Å²) >= 11 is 0. The summed E-state index contributed by atoms with van der Waals surface area (Å²) in [6.45, 7) is 9.29. The third-order valence-corrected chi connectivity index (χ3v) is 3.98. The monoisotopic (exact) mass is 211 g/mol. The number of hydrogen-bond donors (Lipinski definition) is 1. The molecule has 4 nitrogen and oxygen atoms in total. The molecule has 0 aromatic carbocycles. The van der Waals surface area contributed by atoms with Gasteiger partial charge in [-0.1, -0.05) is 0 Å². The average Bonchev–Trinajstić information content (AvgIpc) is 2.70. The number of hydrogen-bond acceptors (Lipinski definition) is 4. The summed E-state index contributed by atoms with van der Waals surface area (Å²) in [7, 11) is 0. The Hall–Kier alpha value is -0.160. The molecule has 3 fully saturated rings. The summed E-state index contributed by atoms with van der Waals surface area (Å²) in [6, 6.07) is 1.55. The van der Waals surface area contributed by atoms with E-state index >= 15 is 0 Å². The molecule has 1 atom stereocenters. The largest absolute Gasteiger partial charge is 0.380 e. The van der Waals surface area contributed by atoms with Gasteiger partial charge in [0.1, 0.15) is 0 Å². The first kappa shape index (κ1) is 10.0. The molecule has 3 aliphatic heterocycles. The Kier molecular flexibility index (Phi) is 2.92. The summed E-state index contributed by atoms with van der Waals surface area (Å²) in [6.07, 6.45) is 1.24. The molecule has 0 radical (unpaired) electrons. The lowest BCUT2D eigenvalue weighted by Gasteiger charge is -2.48. The number of piperazine rings is 1. The van der Waals surface area contributed by atoms with Crippen LogP contribution in [-0.2, 0) is 4.74 Å². The highest BCUT2D eigenvalue weighted by Crippen LogP contribution is 2.22. The van der Waals surface area contributed by atoms with Crippen LogP contribution in [0.2, 0.25) is 0 Å². The van der Waals surface area contributed by atoms with Crippen molar-refractivity contribution < 1.29 is 4.74 Å². The zero-order chi connectivity index (χ0) is 10.1. The van der Waals surface area contributed by atoms with Gasteiger partial charge < -0.3 is 10.1 Å². The number of rotatable bonds is 2. The Morgan fingerprint density at radius 1 is 1.00 bits per heavy atom. The van der Waals surface area contributed by atoms with E-state index in [1.807, 2.05) is 0 Å². The van der Waals surface area contributed by atoms with E-state index < -0.39 is 0 Å². The van der Waals surface area contributed by atoms with Crippen molar-refractivity contribution in [1.29, 1.82) is 0 Å². The number of likely N-dealkylation sites (tertiary alicyclic amines) is 1. The van der Waals surface area contributed by atoms with Crippen LogP contribution in [0.5, 0.6) is 0 Å². The second-order valence-electron chi connectivity index (χ2n) is 4.91. The standard InChI is InChI=1S/C11H21N3O/c1-6-15-9-10(1)14-7-11(8-14)13-4-2-12-3-5-13/h10-12H,1-9H2. The van der Waals surface area contributed by atoms with Crippen molar-refractivity contribution in [1.82, 2.24) is 15.1 Å². The predicted molar refractivity (Wildman–Crippen MR) is 59.0 cm³/mol. The number of nitrogens with zero attached hydrogens (tertiary/aromatic N) is 2. The maximum Gasteiger partial charge on any atom is 0.0622 e. The van der Waals surface area contributed by atoms with Crippen LogP contribution in [0.3, 0.4) is 0 Å². The summed E-state index contributed by atoms with van der Waals surface area (Å²) in [5, 5.41) is 3.41. The van der Waals surface area contributed by atoms with Gasteiger partial charge in [-0.3, -0.25) is 9.80 Å². The first-order valence-electron chi connectivity index (χ1n) is 6.20. The minimum Gasteiger partial charge on any atom is -0.380 e. The van der Waals surface area contributed by atoms with Crippen molar-refractivity contribution in [2.24, 2.45) is 0 Å². The van der Waals surface area contributed by atoms with Crippen molar-refractivity contribution in [2.45, 2.75) is 18.5 Å². The van der Waals surface area contributed by atoms with Gasteiger partial charge in [0.25, 0.3) is 0 Å². The second-order valence-corrected chi connectivity index (χ2v) is 4.91. The van der Waals surface area contributed by atoms with Crippen molar-refractivity contribution in [3.05, 3.63) is 0 Å². The Labute approximate surface area is 91.6 Å². The fourth-order valence-electron chi connectivity index (χ4n) is 2.87. The Balaban J connectivity index is 1.44. The maximum absolute atomic E-state index is 5.43. The zero-order valence-corrected chi connectivity index (χ0v) is 9.32. The van der Waals surface area contributed by atoms with E-state index in [1.165, 1.54) is 45.7 Å². The van der Waals surface area contributed by atoms with Gasteiger partial charge in [-0.15, -0.1) is 0 Å². The molecule has 0 amide bonds. The number of ether oxygens (including phenoxy) is 1. The van der Waals surface area contributed by atoms with Crippen molar-refractivity contribution in [3.8, 4) is 0 Å². The van der Waals surface area contributed by atoms with Gasteiger partial charge >= 0.3 is 0 Å². The fourth-order valence-corrected chi connectivity index (χ4v) is 2.87. The molecular formula is C11H21N3O. The Morgan fingerprint density at radius 2 is 1.80 bits per heavy atom. The molecule has 3 saturated heterocycles. The van der Waals surface area contributed by atoms with Crippen LogP contribution in [0.1, 0.15) is 6.42 Å². The molecular weight excluding hydrogens is 190 g/mol. The predicted octanol–water partition coefficient (Wildman–Crippen LogP) is -0.635. The summed E-state index contributed by atoms with van der Waals surface area (Å²) in [5.41, 5.74) is 0. The Bertz CT molecular complexity index is 206. The summed E-state index contributed by atoms with van der Waals surface area (Å²) in [5.74, 6) is 0. The SMILES string of the molecule is C1CN(C2CN(C3CCOC3)C2)CCN1. The van der Waals surface area contributed by atoms with Crippen molar-refractivity contribution >= 4 is 0 Å². The second kappa shape index (κ2) is 4.37. The van der Waals surface area contributed by atoms with Gasteiger partial charge in [0, 0.05) is 58.0 Å². The molecule has 3 aliphatic rings. The lowest BCUT2D eigenvalue weighted by atomic mass is 10.0. The van der Waals surface area contributed by atoms with E-state index in [2.05, 4.69) is 15.1 Å². The van der Waals surface area contributed by atoms with Crippen LogP contribution < -0.4 is 5.32 Å². The third kappa shape index (κ3) is 2.04. The highest BCUT2D eigenvalue weighted by molar-refractivity contribution is 4.93. The molecule has 3 heterocycles. The lowest BCUT2D eigenvalue weighted by molar-refractivity contribution is -0.00281. The topological polar surface area (TPSA) is 27.7 Å². The van der Waals surface area contributed by atoms with E-state index in [0.29, 0.717) is 0 Å². The van der Waals surface area contributed by atoms with Gasteiger partial charge in [0.15, 0.2) is 0 Å². The molecule has 0 aromatic rings. The maximum atomic E-state index is 5.43. The van der Waals surface area contributed by atoms with Gasteiger partial charge in [0.05, 0.1) is 6.61 Å². The van der Waals surface area contributed by atoms with E-state index in [1.54, 1.807) is 0 Å². The van der Waals surface area contributed by atoms with Crippen molar-refractivity contribution in [2.75, 3.05) is 52.5 Å². The van der Waals surface area contributed by atoms with E-state index in [0.717, 1.165) is 25.3 Å². The summed E-state index contributed by atoms with van der Waals surface area (Å²) < 4.78 is 5.43. The average molecular weight is 211 g/mol. The molecule has 4 heteroatoms. The Morgan fingerprint density at radius 3 is 2.47 bits per heavy atom. The first-order valence-corrected chi connectivity index (χ1v) is 6.20. The van der Waals surface area contributed by atoms with Crippen molar-refractivity contribution in [3.63, 3.8) is 0 Å². The number of nitrogens with one attached hydrogen (secondary N) is 1. The molecule has 1 unspecified atom stereocenters. The van der Waals surface area contributed by atoms with E-state index in [9.17, 15) is 0 Å².